The van der Waals surface area contributed by atoms with Crippen molar-refractivity contribution in [3.63, 3.8) is 0 Å². The first-order valence-electron chi connectivity index (χ1n) is 3.99. The Morgan fingerprint density at radius 1 is 1.31 bits per heavy atom. The summed E-state index contributed by atoms with van der Waals surface area (Å²) in [5, 5.41) is 0. The van der Waals surface area contributed by atoms with Gasteiger partial charge in [0.25, 0.3) is 0 Å². The summed E-state index contributed by atoms with van der Waals surface area (Å²) >= 11 is 0. The number of aromatic nitrogens is 2. The zero-order chi connectivity index (χ0) is 9.26. The van der Waals surface area contributed by atoms with Crippen molar-refractivity contribution in [2.75, 3.05) is 5.84 Å². The van der Waals surface area contributed by atoms with Crippen molar-refractivity contribution in [2.24, 2.45) is 0 Å². The minimum atomic E-state index is 0.741. The van der Waals surface area contributed by atoms with Crippen molar-refractivity contribution in [3.05, 3.63) is 49.1 Å². The Morgan fingerprint density at radius 2 is 2.08 bits per heavy atom. The number of hydrogen-bond donors (Lipinski definition) is 1. The first-order chi connectivity index (χ1) is 6.29. The van der Waals surface area contributed by atoms with Gasteiger partial charge in [-0.05, 0) is 12.5 Å². The van der Waals surface area contributed by atoms with Crippen molar-refractivity contribution in [2.45, 2.75) is 0 Å². The van der Waals surface area contributed by atoms with E-state index in [1.807, 2.05) is 24.3 Å². The minimum Gasteiger partial charge on any atom is -0.338 e. The molecule has 1 heterocycles. The minimum absolute atomic E-state index is 0.741. The monoisotopic (exact) mass is 172 g/mol. The lowest BCUT2D eigenvalue weighted by Gasteiger charge is -2.04. The molecule has 3 heteroatoms. The highest BCUT2D eigenvalue weighted by atomic mass is 15.3. The van der Waals surface area contributed by atoms with Gasteiger partial charge in [-0.25, -0.2) is 4.98 Å². The molecule has 0 unspecified atom stereocenters. The molecule has 0 amide bonds. The second kappa shape index (κ2) is 2.94. The molecule has 1 radical (unpaired) electrons. The molecule has 3 nitrogen and oxygen atoms in total. The average Bonchev–Trinajstić information content (AvgIpc) is 2.52. The summed E-state index contributed by atoms with van der Waals surface area (Å²) in [5.41, 5.74) is 1.90. The Labute approximate surface area is 76.8 Å². The van der Waals surface area contributed by atoms with E-state index in [4.69, 9.17) is 5.84 Å². The summed E-state index contributed by atoms with van der Waals surface area (Å²) in [6.45, 7) is 3.91. The second-order valence-electron chi connectivity index (χ2n) is 2.82. The van der Waals surface area contributed by atoms with Crippen LogP contribution in [0.2, 0.25) is 0 Å². The molecule has 0 saturated carbocycles. The average molecular weight is 172 g/mol. The fraction of sp³-hybridized carbons (Fsp3) is 0. The molecule has 1 aromatic carbocycles. The van der Waals surface area contributed by atoms with Crippen molar-refractivity contribution < 1.29 is 0 Å². The van der Waals surface area contributed by atoms with E-state index in [1.54, 1.807) is 12.4 Å². The van der Waals surface area contributed by atoms with E-state index in [1.165, 1.54) is 4.68 Å². The molecule has 0 aliphatic rings. The van der Waals surface area contributed by atoms with Crippen LogP contribution in [0.1, 0.15) is 5.56 Å². The van der Waals surface area contributed by atoms with Crippen molar-refractivity contribution >= 4 is 0 Å². The molecule has 0 bridgehead atoms. The second-order valence-corrected chi connectivity index (χ2v) is 2.82. The zero-order valence-corrected chi connectivity index (χ0v) is 7.14. The first-order valence-corrected chi connectivity index (χ1v) is 3.99. The van der Waals surface area contributed by atoms with Gasteiger partial charge in [-0.2, -0.15) is 0 Å². The Kier molecular flexibility index (Phi) is 1.77. The molecule has 0 aliphatic heterocycles. The van der Waals surface area contributed by atoms with E-state index in [2.05, 4.69) is 11.9 Å². The summed E-state index contributed by atoms with van der Waals surface area (Å²) in [7, 11) is 0. The summed E-state index contributed by atoms with van der Waals surface area (Å²) in [4.78, 5) is 4.14. The maximum atomic E-state index is 5.67. The molecule has 0 atom stereocenters. The van der Waals surface area contributed by atoms with E-state index >= 15 is 0 Å². The molecule has 0 spiro atoms. The van der Waals surface area contributed by atoms with Gasteiger partial charge in [0.1, 0.15) is 0 Å². The summed E-state index contributed by atoms with van der Waals surface area (Å²) < 4.78 is 1.49. The van der Waals surface area contributed by atoms with Crippen LogP contribution in [0.5, 0.6) is 0 Å². The van der Waals surface area contributed by atoms with Gasteiger partial charge in [-0.1, -0.05) is 24.3 Å². The van der Waals surface area contributed by atoms with Crippen LogP contribution in [0, 0.1) is 6.92 Å². The Bertz CT molecular complexity index is 418. The van der Waals surface area contributed by atoms with Gasteiger partial charge in [-0.15, -0.1) is 0 Å². The largest absolute Gasteiger partial charge is 0.338 e. The highest BCUT2D eigenvalue weighted by molar-refractivity contribution is 5.61. The number of hydrogen-bond acceptors (Lipinski definition) is 2. The van der Waals surface area contributed by atoms with Crippen molar-refractivity contribution in [1.82, 2.24) is 9.66 Å². The lowest BCUT2D eigenvalue weighted by Crippen LogP contribution is -2.08. The van der Waals surface area contributed by atoms with E-state index in [9.17, 15) is 0 Å². The third-order valence-electron chi connectivity index (χ3n) is 1.93. The molecule has 65 valence electrons. The third-order valence-corrected chi connectivity index (χ3v) is 1.93. The van der Waals surface area contributed by atoms with Crippen LogP contribution in [0.4, 0.5) is 0 Å². The molecule has 2 aromatic rings. The third kappa shape index (κ3) is 1.28. The lowest BCUT2D eigenvalue weighted by molar-refractivity contribution is 1.01. The Hall–Kier alpha value is -1.77. The molecule has 13 heavy (non-hydrogen) atoms. The SMILES string of the molecule is [CH2]c1ccccc1-c1nccn1N. The van der Waals surface area contributed by atoms with Gasteiger partial charge in [0.2, 0.25) is 0 Å². The van der Waals surface area contributed by atoms with E-state index in [-0.39, 0.29) is 0 Å². The molecule has 1 aromatic heterocycles. The zero-order valence-electron chi connectivity index (χ0n) is 7.14. The first kappa shape index (κ1) is 7.86. The van der Waals surface area contributed by atoms with Gasteiger partial charge in [0.05, 0.1) is 0 Å². The van der Waals surface area contributed by atoms with Gasteiger partial charge in [0, 0.05) is 18.0 Å². The van der Waals surface area contributed by atoms with Gasteiger partial charge >= 0.3 is 0 Å². The van der Waals surface area contributed by atoms with E-state index in [0.29, 0.717) is 0 Å². The molecular weight excluding hydrogens is 162 g/mol. The number of benzene rings is 1. The molecule has 0 fully saturated rings. The fourth-order valence-electron chi connectivity index (χ4n) is 1.26. The van der Waals surface area contributed by atoms with E-state index in [0.717, 1.165) is 17.0 Å². The molecule has 0 aliphatic carbocycles. The maximum Gasteiger partial charge on any atom is 0.158 e. The van der Waals surface area contributed by atoms with Crippen LogP contribution in [0.3, 0.4) is 0 Å². The molecule has 2 N–H and O–H groups in total. The molecular formula is C10H10N3. The van der Waals surface area contributed by atoms with Gasteiger partial charge < -0.3 is 5.84 Å². The Balaban J connectivity index is 2.59. The lowest BCUT2D eigenvalue weighted by atomic mass is 10.1. The maximum absolute atomic E-state index is 5.67. The van der Waals surface area contributed by atoms with Crippen LogP contribution in [-0.4, -0.2) is 9.66 Å². The predicted octanol–water partition coefficient (Wildman–Crippen LogP) is 1.45. The topological polar surface area (TPSA) is 43.8 Å². The fourth-order valence-corrected chi connectivity index (χ4v) is 1.26. The van der Waals surface area contributed by atoms with Crippen LogP contribution >= 0.6 is 0 Å². The summed E-state index contributed by atoms with van der Waals surface area (Å²) in [6, 6.07) is 7.77. The van der Waals surface area contributed by atoms with Gasteiger partial charge in [-0.3, -0.25) is 4.68 Å². The van der Waals surface area contributed by atoms with Crippen LogP contribution in [0.25, 0.3) is 11.4 Å². The van der Waals surface area contributed by atoms with Crippen LogP contribution in [-0.2, 0) is 0 Å². The van der Waals surface area contributed by atoms with Crippen LogP contribution in [0.15, 0.2) is 36.7 Å². The molecule has 2 rings (SSSR count). The Morgan fingerprint density at radius 3 is 2.69 bits per heavy atom. The summed E-state index contributed by atoms with van der Waals surface area (Å²) in [5.74, 6) is 6.41. The quantitative estimate of drug-likeness (QED) is 0.661. The van der Waals surface area contributed by atoms with Gasteiger partial charge in [0.15, 0.2) is 5.82 Å². The van der Waals surface area contributed by atoms with Crippen LogP contribution < -0.4 is 5.84 Å². The highest BCUT2D eigenvalue weighted by Crippen LogP contribution is 2.19. The predicted molar refractivity (Wildman–Crippen MR) is 52.3 cm³/mol. The van der Waals surface area contributed by atoms with Crippen molar-refractivity contribution in [1.29, 1.82) is 0 Å². The smallest absolute Gasteiger partial charge is 0.158 e. The number of imidazole rings is 1. The number of rotatable bonds is 1. The van der Waals surface area contributed by atoms with Crippen molar-refractivity contribution in [3.8, 4) is 11.4 Å². The number of nitrogens with zero attached hydrogens (tertiary/aromatic N) is 2. The summed E-state index contributed by atoms with van der Waals surface area (Å²) in [6.07, 6.45) is 3.38. The molecule has 0 saturated heterocycles. The standard InChI is InChI=1S/C10H10N3/c1-8-4-2-3-5-9(8)10-12-6-7-13(10)11/h2-7H,1,11H2. The number of nitrogens with two attached hydrogens (primary N) is 1. The number of nitrogen functional groups attached to an aromatic ring is 1. The van der Waals surface area contributed by atoms with E-state index < -0.39 is 0 Å². The highest BCUT2D eigenvalue weighted by Gasteiger charge is 2.04. The normalized spacial score (nSPS) is 10.2.